The van der Waals surface area contributed by atoms with Gasteiger partial charge in [0.1, 0.15) is 5.56 Å². The number of aryl methyl sites for hydroxylation is 1. The molecule has 5 rings (SSSR count). The lowest BCUT2D eigenvalue weighted by atomic mass is 9.94. The monoisotopic (exact) mass is 500 g/mol. The minimum absolute atomic E-state index is 0.436. The molecule has 0 spiro atoms. The number of hydrogen-bond acceptors (Lipinski definition) is 5. The standard InChI is InChI=1S/C30H40N6O/c1-21-3-5-24(6-4-21)20-32-30-28(29(31)37)27(33-34-30)19-23-7-9-25(10-8-23)36-17-13-26(14-18-36)35-15-11-22(2)12-16-35/h3-10,22,26H,11-20H2,1-2H3,(H2,31,37)(H2,32,33,34). The molecule has 196 valence electrons. The highest BCUT2D eigenvalue weighted by Gasteiger charge is 2.27. The van der Waals surface area contributed by atoms with Crippen molar-refractivity contribution in [2.75, 3.05) is 36.4 Å². The number of hydrogen-bond donors (Lipinski definition) is 3. The summed E-state index contributed by atoms with van der Waals surface area (Å²) in [4.78, 5) is 17.5. The Morgan fingerprint density at radius 3 is 2.27 bits per heavy atom. The number of piperidine rings is 2. The smallest absolute Gasteiger partial charge is 0.254 e. The summed E-state index contributed by atoms with van der Waals surface area (Å²) in [6, 6.07) is 17.7. The molecule has 0 saturated carbocycles. The molecular formula is C30H40N6O. The fraction of sp³-hybridized carbons (Fsp3) is 0.467. The van der Waals surface area contributed by atoms with Gasteiger partial charge < -0.3 is 20.9 Å². The van der Waals surface area contributed by atoms with E-state index in [0.29, 0.717) is 24.3 Å². The molecular weight excluding hydrogens is 460 g/mol. The molecule has 1 aromatic heterocycles. The third-order valence-electron chi connectivity index (χ3n) is 8.15. The van der Waals surface area contributed by atoms with Crippen LogP contribution in [0.3, 0.4) is 0 Å². The van der Waals surface area contributed by atoms with Gasteiger partial charge in [0.05, 0.1) is 5.69 Å². The van der Waals surface area contributed by atoms with Crippen LogP contribution < -0.4 is 16.0 Å². The second-order valence-corrected chi connectivity index (χ2v) is 10.9. The second-order valence-electron chi connectivity index (χ2n) is 10.9. The van der Waals surface area contributed by atoms with Crippen molar-refractivity contribution in [3.05, 3.63) is 76.5 Å². The van der Waals surface area contributed by atoms with Crippen molar-refractivity contribution in [1.29, 1.82) is 0 Å². The van der Waals surface area contributed by atoms with Crippen molar-refractivity contribution < 1.29 is 4.79 Å². The average Bonchev–Trinajstić information content (AvgIpc) is 3.32. The Morgan fingerprint density at radius 2 is 1.62 bits per heavy atom. The molecule has 1 amide bonds. The van der Waals surface area contributed by atoms with Gasteiger partial charge in [0, 0.05) is 37.8 Å². The number of H-pyrrole nitrogens is 1. The van der Waals surface area contributed by atoms with Crippen LogP contribution in [-0.4, -0.2) is 53.2 Å². The van der Waals surface area contributed by atoms with Crippen LogP contribution in [0.2, 0.25) is 0 Å². The number of aromatic nitrogens is 2. The van der Waals surface area contributed by atoms with E-state index in [1.807, 2.05) is 0 Å². The molecule has 0 bridgehead atoms. The molecule has 0 unspecified atom stereocenters. The van der Waals surface area contributed by atoms with Gasteiger partial charge in [-0.05, 0) is 74.9 Å². The van der Waals surface area contributed by atoms with Crippen LogP contribution in [0.5, 0.6) is 0 Å². The maximum Gasteiger partial charge on any atom is 0.254 e. The van der Waals surface area contributed by atoms with Crippen LogP contribution in [0.4, 0.5) is 11.5 Å². The van der Waals surface area contributed by atoms with Gasteiger partial charge in [-0.25, -0.2) is 0 Å². The zero-order valence-electron chi connectivity index (χ0n) is 22.2. The number of carbonyl (C=O) groups is 1. The third-order valence-corrected chi connectivity index (χ3v) is 8.15. The number of carbonyl (C=O) groups excluding carboxylic acids is 1. The first-order valence-electron chi connectivity index (χ1n) is 13.7. The van der Waals surface area contributed by atoms with Gasteiger partial charge in [-0.15, -0.1) is 0 Å². The van der Waals surface area contributed by atoms with Crippen molar-refractivity contribution in [2.24, 2.45) is 11.7 Å². The predicted octanol–water partition coefficient (Wildman–Crippen LogP) is 4.72. The SMILES string of the molecule is Cc1ccc(CNc2n[nH]c(Cc3ccc(N4CCC(N5CCC(C)CC5)CC4)cc3)c2C(N)=O)cc1. The lowest BCUT2D eigenvalue weighted by molar-refractivity contribution is 0.100. The molecule has 2 saturated heterocycles. The van der Waals surface area contributed by atoms with E-state index in [1.165, 1.54) is 50.0 Å². The highest BCUT2D eigenvalue weighted by molar-refractivity contribution is 5.99. The molecule has 2 aliphatic rings. The van der Waals surface area contributed by atoms with E-state index in [-0.39, 0.29) is 0 Å². The quantitative estimate of drug-likeness (QED) is 0.416. The Labute approximate surface area is 220 Å². The molecule has 2 aromatic carbocycles. The Bertz CT molecular complexity index is 1170. The largest absolute Gasteiger partial charge is 0.371 e. The van der Waals surface area contributed by atoms with E-state index in [1.54, 1.807) is 0 Å². The van der Waals surface area contributed by atoms with Crippen LogP contribution in [0.1, 0.15) is 65.3 Å². The number of aromatic amines is 1. The number of nitrogens with one attached hydrogen (secondary N) is 2. The van der Waals surface area contributed by atoms with Crippen LogP contribution in [0, 0.1) is 12.8 Å². The number of benzene rings is 2. The molecule has 4 N–H and O–H groups in total. The van der Waals surface area contributed by atoms with Crippen molar-refractivity contribution in [2.45, 2.75) is 58.5 Å². The summed E-state index contributed by atoms with van der Waals surface area (Å²) >= 11 is 0. The van der Waals surface area contributed by atoms with Gasteiger partial charge in [-0.2, -0.15) is 5.10 Å². The number of nitrogens with two attached hydrogens (primary N) is 1. The lowest BCUT2D eigenvalue weighted by Gasteiger charge is -2.42. The fourth-order valence-corrected chi connectivity index (χ4v) is 5.70. The first kappa shape index (κ1) is 25.3. The van der Waals surface area contributed by atoms with Gasteiger partial charge in [0.2, 0.25) is 0 Å². The normalized spacial score (nSPS) is 17.7. The average molecular weight is 501 g/mol. The van der Waals surface area contributed by atoms with Crippen LogP contribution in [-0.2, 0) is 13.0 Å². The van der Waals surface area contributed by atoms with Gasteiger partial charge in [0.25, 0.3) is 5.91 Å². The summed E-state index contributed by atoms with van der Waals surface area (Å²) in [5.41, 5.74) is 11.7. The molecule has 7 heteroatoms. The van der Waals surface area contributed by atoms with Gasteiger partial charge in [-0.1, -0.05) is 48.9 Å². The number of likely N-dealkylation sites (tertiary alicyclic amines) is 1. The van der Waals surface area contributed by atoms with Gasteiger partial charge in [-0.3, -0.25) is 9.89 Å². The Hall–Kier alpha value is -3.32. The summed E-state index contributed by atoms with van der Waals surface area (Å²) in [5, 5.41) is 10.7. The maximum atomic E-state index is 12.3. The fourth-order valence-electron chi connectivity index (χ4n) is 5.70. The summed E-state index contributed by atoms with van der Waals surface area (Å²) < 4.78 is 0. The summed E-state index contributed by atoms with van der Waals surface area (Å²) in [5.74, 6) is 0.917. The van der Waals surface area contributed by atoms with E-state index in [9.17, 15) is 4.79 Å². The van der Waals surface area contributed by atoms with Gasteiger partial charge >= 0.3 is 0 Å². The molecule has 37 heavy (non-hydrogen) atoms. The number of amides is 1. The summed E-state index contributed by atoms with van der Waals surface area (Å²) in [6.07, 6.45) is 5.75. The van der Waals surface area contributed by atoms with Crippen molar-refractivity contribution in [3.63, 3.8) is 0 Å². The predicted molar refractivity (Wildman–Crippen MR) is 150 cm³/mol. The zero-order valence-corrected chi connectivity index (χ0v) is 22.2. The second kappa shape index (κ2) is 11.4. The topological polar surface area (TPSA) is 90.3 Å². The highest BCUT2D eigenvalue weighted by atomic mass is 16.1. The van der Waals surface area contributed by atoms with Crippen LogP contribution in [0.25, 0.3) is 0 Å². The Kier molecular flexibility index (Phi) is 7.79. The third kappa shape index (κ3) is 6.16. The van der Waals surface area contributed by atoms with E-state index in [2.05, 4.69) is 87.7 Å². The van der Waals surface area contributed by atoms with Gasteiger partial charge in [0.15, 0.2) is 5.82 Å². The van der Waals surface area contributed by atoms with E-state index in [4.69, 9.17) is 5.73 Å². The van der Waals surface area contributed by atoms with Crippen molar-refractivity contribution in [1.82, 2.24) is 15.1 Å². The van der Waals surface area contributed by atoms with E-state index in [0.717, 1.165) is 41.9 Å². The molecule has 2 aliphatic heterocycles. The van der Waals surface area contributed by atoms with Crippen molar-refractivity contribution in [3.8, 4) is 0 Å². The minimum atomic E-state index is -0.474. The highest BCUT2D eigenvalue weighted by Crippen LogP contribution is 2.27. The molecule has 3 heterocycles. The van der Waals surface area contributed by atoms with E-state index >= 15 is 0 Å². The van der Waals surface area contributed by atoms with Crippen LogP contribution in [0.15, 0.2) is 48.5 Å². The number of anilines is 2. The molecule has 0 aliphatic carbocycles. The first-order valence-corrected chi connectivity index (χ1v) is 13.7. The van der Waals surface area contributed by atoms with Crippen LogP contribution >= 0.6 is 0 Å². The molecule has 2 fully saturated rings. The summed E-state index contributed by atoms with van der Waals surface area (Å²) in [6.45, 7) is 9.78. The minimum Gasteiger partial charge on any atom is -0.371 e. The number of rotatable bonds is 8. The Balaban J connectivity index is 1.18. The van der Waals surface area contributed by atoms with E-state index < -0.39 is 5.91 Å². The molecule has 3 aromatic rings. The molecule has 0 radical (unpaired) electrons. The number of primary amides is 1. The zero-order chi connectivity index (χ0) is 25.8. The lowest BCUT2D eigenvalue weighted by Crippen LogP contribution is -2.47. The first-order chi connectivity index (χ1) is 18.0. The Morgan fingerprint density at radius 1 is 0.973 bits per heavy atom. The molecule has 7 nitrogen and oxygen atoms in total. The number of nitrogens with zero attached hydrogens (tertiary/aromatic N) is 3. The van der Waals surface area contributed by atoms with Crippen molar-refractivity contribution >= 4 is 17.4 Å². The molecule has 0 atom stereocenters. The summed E-state index contributed by atoms with van der Waals surface area (Å²) in [7, 11) is 0. The maximum absolute atomic E-state index is 12.3.